The van der Waals surface area contributed by atoms with Gasteiger partial charge in [-0.2, -0.15) is 0 Å². The van der Waals surface area contributed by atoms with Gasteiger partial charge in [0.1, 0.15) is 0 Å². The number of rotatable bonds is 4. The Morgan fingerprint density at radius 1 is 0.268 bits per heavy atom. The van der Waals surface area contributed by atoms with Crippen LogP contribution in [0.15, 0.2) is 194 Å². The normalized spacial score (nSPS) is 11.9. The fourth-order valence-electron chi connectivity index (χ4n) is 9.05. The first kappa shape index (κ1) is 30.9. The molecule has 3 aromatic heterocycles. The first-order chi connectivity index (χ1) is 27.8. The van der Waals surface area contributed by atoms with Crippen molar-refractivity contribution in [1.29, 1.82) is 0 Å². The lowest BCUT2D eigenvalue weighted by atomic mass is 9.93. The molecule has 0 bridgehead atoms. The van der Waals surface area contributed by atoms with Gasteiger partial charge in [0, 0.05) is 56.1 Å². The van der Waals surface area contributed by atoms with E-state index < -0.39 is 0 Å². The predicted octanol–water partition coefficient (Wildman–Crippen LogP) is 13.5. The van der Waals surface area contributed by atoms with Gasteiger partial charge in [-0.25, -0.2) is 0 Å². The van der Waals surface area contributed by atoms with Gasteiger partial charge in [-0.05, 0) is 93.7 Å². The number of para-hydroxylation sites is 4. The Kier molecular flexibility index (Phi) is 6.60. The third-order valence-electron chi connectivity index (χ3n) is 11.6. The molecule has 260 valence electrons. The quantitative estimate of drug-likeness (QED) is 0.170. The van der Waals surface area contributed by atoms with Crippen LogP contribution < -0.4 is 0 Å². The second kappa shape index (κ2) is 12.0. The van der Waals surface area contributed by atoms with Crippen molar-refractivity contribution in [2.75, 3.05) is 0 Å². The fourth-order valence-corrected chi connectivity index (χ4v) is 9.05. The van der Waals surface area contributed by atoms with Crippen LogP contribution in [0.3, 0.4) is 0 Å². The minimum atomic E-state index is 0.923. The number of hydrogen-bond donors (Lipinski definition) is 0. The summed E-state index contributed by atoms with van der Waals surface area (Å²) < 4.78 is 4.73. The van der Waals surface area contributed by atoms with E-state index in [4.69, 9.17) is 9.97 Å². The van der Waals surface area contributed by atoms with Gasteiger partial charge in [0.05, 0.1) is 33.1 Å². The van der Waals surface area contributed by atoms with E-state index in [-0.39, 0.29) is 0 Å². The molecule has 0 aliphatic carbocycles. The molecule has 0 atom stereocenters. The third-order valence-corrected chi connectivity index (χ3v) is 11.6. The van der Waals surface area contributed by atoms with Crippen LogP contribution in [0.5, 0.6) is 0 Å². The minimum Gasteiger partial charge on any atom is -0.309 e. The molecule has 0 radical (unpaired) electrons. The van der Waals surface area contributed by atoms with E-state index in [1.807, 2.05) is 0 Å². The van der Waals surface area contributed by atoms with Crippen LogP contribution in [0.4, 0.5) is 0 Å². The van der Waals surface area contributed by atoms with Crippen molar-refractivity contribution in [3.05, 3.63) is 194 Å². The molecule has 0 unspecified atom stereocenters. The zero-order valence-corrected chi connectivity index (χ0v) is 30.3. The van der Waals surface area contributed by atoms with Crippen LogP contribution in [0.2, 0.25) is 0 Å². The molecule has 9 aromatic carbocycles. The Morgan fingerprint density at radius 2 is 0.589 bits per heavy atom. The summed E-state index contributed by atoms with van der Waals surface area (Å²) in [6.45, 7) is 0. The van der Waals surface area contributed by atoms with E-state index in [2.05, 4.69) is 191 Å². The molecule has 0 aliphatic rings. The Hall–Kier alpha value is -7.56. The first-order valence-corrected chi connectivity index (χ1v) is 19.1. The van der Waals surface area contributed by atoms with Crippen molar-refractivity contribution in [1.82, 2.24) is 19.1 Å². The Bertz CT molecular complexity index is 3170. The second-order valence-corrected chi connectivity index (χ2v) is 14.6. The van der Waals surface area contributed by atoms with Gasteiger partial charge in [0.2, 0.25) is 0 Å². The summed E-state index contributed by atoms with van der Waals surface area (Å²) in [7, 11) is 0. The van der Waals surface area contributed by atoms with Gasteiger partial charge in [-0.15, -0.1) is 0 Å². The summed E-state index contributed by atoms with van der Waals surface area (Å²) in [5.74, 6) is 0. The molecule has 12 aromatic rings. The number of fused-ring (bicyclic) bond motifs is 12. The van der Waals surface area contributed by atoms with Crippen LogP contribution >= 0.6 is 0 Å². The van der Waals surface area contributed by atoms with E-state index in [1.165, 1.54) is 65.5 Å². The fraction of sp³-hybridized carbons (Fsp3) is 0. The average molecular weight is 713 g/mol. The molecular formula is C52H32N4. The standard InChI is InChI=1S/C52H32N4/c1-5-13-47-39(9-1)40-10-2-6-14-48(40)55(47)37-23-17-33(18-24-37)35-21-27-43-45(31-35)46-32-36(22-28-44(46)52-51(43)53-29-30-54-52)34-19-25-38(26-20-34)56-49-15-7-3-11-41(49)42-12-4-8-16-50(42)56/h1-32H. The first-order valence-electron chi connectivity index (χ1n) is 19.1. The molecule has 0 fully saturated rings. The smallest absolute Gasteiger partial charge is 0.0971 e. The molecule has 0 saturated carbocycles. The van der Waals surface area contributed by atoms with E-state index in [0.717, 1.165) is 44.3 Å². The lowest BCUT2D eigenvalue weighted by Crippen LogP contribution is -1.94. The van der Waals surface area contributed by atoms with Gasteiger partial charge in [0.25, 0.3) is 0 Å². The minimum absolute atomic E-state index is 0.923. The van der Waals surface area contributed by atoms with E-state index in [0.29, 0.717) is 0 Å². The van der Waals surface area contributed by atoms with Crippen LogP contribution in [0.1, 0.15) is 0 Å². The van der Waals surface area contributed by atoms with Crippen LogP contribution in [-0.2, 0) is 0 Å². The highest BCUT2D eigenvalue weighted by atomic mass is 15.0. The number of aromatic nitrogens is 4. The lowest BCUT2D eigenvalue weighted by Gasteiger charge is -2.13. The molecule has 0 aliphatic heterocycles. The molecular weight excluding hydrogens is 681 g/mol. The number of nitrogens with zero attached hydrogens (tertiary/aromatic N) is 4. The molecule has 0 amide bonds. The summed E-state index contributed by atoms with van der Waals surface area (Å²) in [6, 6.07) is 66.1. The largest absolute Gasteiger partial charge is 0.309 e. The summed E-state index contributed by atoms with van der Waals surface area (Å²) in [5, 5.41) is 9.60. The lowest BCUT2D eigenvalue weighted by molar-refractivity contribution is 1.18. The number of benzene rings is 9. The van der Waals surface area contributed by atoms with Crippen molar-refractivity contribution in [2.45, 2.75) is 0 Å². The summed E-state index contributed by atoms with van der Waals surface area (Å²) in [6.07, 6.45) is 3.59. The maximum atomic E-state index is 4.84. The molecule has 4 heteroatoms. The predicted molar refractivity (Wildman–Crippen MR) is 234 cm³/mol. The van der Waals surface area contributed by atoms with Gasteiger partial charge >= 0.3 is 0 Å². The van der Waals surface area contributed by atoms with E-state index in [9.17, 15) is 0 Å². The molecule has 0 N–H and O–H groups in total. The van der Waals surface area contributed by atoms with E-state index in [1.54, 1.807) is 12.4 Å². The molecule has 12 rings (SSSR count). The number of hydrogen-bond acceptors (Lipinski definition) is 2. The van der Waals surface area contributed by atoms with Gasteiger partial charge in [-0.3, -0.25) is 9.97 Å². The van der Waals surface area contributed by atoms with Crippen molar-refractivity contribution in [3.8, 4) is 33.6 Å². The molecule has 4 nitrogen and oxygen atoms in total. The maximum Gasteiger partial charge on any atom is 0.0971 e. The zero-order chi connectivity index (χ0) is 36.7. The van der Waals surface area contributed by atoms with Gasteiger partial charge in [0.15, 0.2) is 0 Å². The van der Waals surface area contributed by atoms with Crippen LogP contribution in [-0.4, -0.2) is 19.1 Å². The van der Waals surface area contributed by atoms with Crippen molar-refractivity contribution >= 4 is 76.2 Å². The summed E-state index contributed by atoms with van der Waals surface area (Å²) in [4.78, 5) is 9.68. The topological polar surface area (TPSA) is 35.6 Å². The highest BCUT2D eigenvalue weighted by molar-refractivity contribution is 6.24. The SMILES string of the molecule is c1ccc2c(c1)c1ccccc1n2-c1ccc(-c2ccc3c(c2)c2cc(-c4ccc(-n5c6ccccc6c6ccccc65)cc4)ccc2c2nccnc32)cc1. The third kappa shape index (κ3) is 4.53. The van der Waals surface area contributed by atoms with Crippen LogP contribution in [0.25, 0.3) is 110 Å². The summed E-state index contributed by atoms with van der Waals surface area (Å²) in [5.41, 5.74) is 13.6. The maximum absolute atomic E-state index is 4.84. The van der Waals surface area contributed by atoms with Gasteiger partial charge < -0.3 is 9.13 Å². The Morgan fingerprint density at radius 3 is 0.946 bits per heavy atom. The average Bonchev–Trinajstić information content (AvgIpc) is 3.79. The zero-order valence-electron chi connectivity index (χ0n) is 30.3. The molecule has 0 saturated heterocycles. The molecule has 3 heterocycles. The molecule has 0 spiro atoms. The van der Waals surface area contributed by atoms with Crippen molar-refractivity contribution in [2.24, 2.45) is 0 Å². The van der Waals surface area contributed by atoms with E-state index >= 15 is 0 Å². The second-order valence-electron chi connectivity index (χ2n) is 14.6. The Balaban J connectivity index is 0.978. The molecule has 56 heavy (non-hydrogen) atoms. The Labute approximate surface area is 322 Å². The monoisotopic (exact) mass is 712 g/mol. The van der Waals surface area contributed by atoms with Gasteiger partial charge in [-0.1, -0.05) is 121 Å². The highest BCUT2D eigenvalue weighted by Crippen LogP contribution is 2.39. The highest BCUT2D eigenvalue weighted by Gasteiger charge is 2.16. The van der Waals surface area contributed by atoms with Crippen LogP contribution in [0, 0.1) is 0 Å². The van der Waals surface area contributed by atoms with Crippen molar-refractivity contribution in [3.63, 3.8) is 0 Å². The van der Waals surface area contributed by atoms with Crippen molar-refractivity contribution < 1.29 is 0 Å². The summed E-state index contributed by atoms with van der Waals surface area (Å²) >= 11 is 0.